The maximum Gasteiger partial charge on any atom is 0.337 e. The number of carboxylic acids is 1. The molecule has 0 unspecified atom stereocenters. The van der Waals surface area contributed by atoms with Gasteiger partial charge in [-0.2, -0.15) is 0 Å². The number of para-hydroxylation sites is 1. The number of fused-ring (bicyclic) bond motifs is 1. The van der Waals surface area contributed by atoms with Crippen molar-refractivity contribution < 1.29 is 9.90 Å². The van der Waals surface area contributed by atoms with Crippen molar-refractivity contribution in [2.24, 2.45) is 0 Å². The number of aromatic nitrogens is 2. The van der Waals surface area contributed by atoms with Gasteiger partial charge in [-0.1, -0.05) is 12.1 Å². The molecule has 0 bridgehead atoms. The highest BCUT2D eigenvalue weighted by Crippen LogP contribution is 2.16. The van der Waals surface area contributed by atoms with Gasteiger partial charge in [0.05, 0.1) is 11.1 Å². The molecular weight excluding hydrogens is 182 g/mol. The van der Waals surface area contributed by atoms with E-state index >= 15 is 0 Å². The van der Waals surface area contributed by atoms with Gasteiger partial charge in [0.1, 0.15) is 0 Å². The average molecular weight is 189 g/mol. The van der Waals surface area contributed by atoms with Crippen LogP contribution >= 0.6 is 0 Å². The Morgan fingerprint density at radius 1 is 1.43 bits per heavy atom. The van der Waals surface area contributed by atoms with E-state index in [1.807, 2.05) is 0 Å². The summed E-state index contributed by atoms with van der Waals surface area (Å²) in [5, 5.41) is 9.54. The lowest BCUT2D eigenvalue weighted by atomic mass is 10.1. The molecule has 0 saturated carbocycles. The van der Waals surface area contributed by atoms with Crippen LogP contribution in [0.15, 0.2) is 24.4 Å². The van der Waals surface area contributed by atoms with Gasteiger partial charge in [-0.15, -0.1) is 0 Å². The van der Waals surface area contributed by atoms with Crippen molar-refractivity contribution in [3.05, 3.63) is 30.0 Å². The second-order valence-electron chi connectivity index (χ2n) is 2.78. The van der Waals surface area contributed by atoms with Crippen molar-refractivity contribution in [3.8, 4) is 0 Å². The van der Waals surface area contributed by atoms with Gasteiger partial charge in [-0.25, -0.2) is 14.8 Å². The molecule has 0 aliphatic carbocycles. The average Bonchev–Trinajstić information content (AvgIpc) is 2.16. The molecule has 3 N–H and O–H groups in total. The minimum Gasteiger partial charge on any atom is -0.478 e. The summed E-state index contributed by atoms with van der Waals surface area (Å²) >= 11 is 0. The fraction of sp³-hybridized carbons (Fsp3) is 0. The molecule has 2 aromatic rings. The third-order valence-electron chi connectivity index (χ3n) is 1.86. The maximum absolute atomic E-state index is 10.8. The molecular formula is C9H7N3O2. The first kappa shape index (κ1) is 8.43. The van der Waals surface area contributed by atoms with Crippen molar-refractivity contribution in [1.82, 2.24) is 9.97 Å². The van der Waals surface area contributed by atoms with Gasteiger partial charge in [0.15, 0.2) is 0 Å². The Morgan fingerprint density at radius 3 is 2.93 bits per heavy atom. The van der Waals surface area contributed by atoms with Crippen LogP contribution in [0, 0.1) is 0 Å². The first-order valence-electron chi connectivity index (χ1n) is 3.93. The number of hydrogen-bond donors (Lipinski definition) is 2. The van der Waals surface area contributed by atoms with E-state index in [0.29, 0.717) is 10.9 Å². The van der Waals surface area contributed by atoms with Gasteiger partial charge in [-0.05, 0) is 6.07 Å². The Hall–Kier alpha value is -2.17. The number of nitrogens with two attached hydrogens (primary N) is 1. The Balaban J connectivity index is 2.84. The largest absolute Gasteiger partial charge is 0.478 e. The van der Waals surface area contributed by atoms with E-state index in [1.165, 1.54) is 12.3 Å². The summed E-state index contributed by atoms with van der Waals surface area (Å²) in [6.45, 7) is 0. The molecule has 0 spiro atoms. The van der Waals surface area contributed by atoms with E-state index in [-0.39, 0.29) is 11.5 Å². The van der Waals surface area contributed by atoms with Crippen LogP contribution in [0.2, 0.25) is 0 Å². The Bertz CT molecular complexity index is 510. The highest BCUT2D eigenvalue weighted by atomic mass is 16.4. The lowest BCUT2D eigenvalue weighted by molar-refractivity contribution is 0.0699. The number of anilines is 1. The molecule has 0 atom stereocenters. The number of hydrogen-bond acceptors (Lipinski definition) is 4. The summed E-state index contributed by atoms with van der Waals surface area (Å²) < 4.78 is 0. The first-order valence-corrected chi connectivity index (χ1v) is 3.93. The predicted octanol–water partition coefficient (Wildman–Crippen LogP) is 0.910. The summed E-state index contributed by atoms with van der Waals surface area (Å²) in [5.41, 5.74) is 5.88. The fourth-order valence-electron chi connectivity index (χ4n) is 1.24. The standard InChI is InChI=1S/C9H7N3O2/c10-9-11-4-5-2-1-3-6(8(13)14)7(5)12-9/h1-4H,(H,13,14)(H2,10,11,12). The van der Waals surface area contributed by atoms with Crippen molar-refractivity contribution in [1.29, 1.82) is 0 Å². The first-order chi connectivity index (χ1) is 6.68. The van der Waals surface area contributed by atoms with Gasteiger partial charge in [0.2, 0.25) is 5.95 Å². The second-order valence-corrected chi connectivity index (χ2v) is 2.78. The lowest BCUT2D eigenvalue weighted by Crippen LogP contribution is -2.01. The minimum absolute atomic E-state index is 0.0752. The van der Waals surface area contributed by atoms with Crippen molar-refractivity contribution in [2.45, 2.75) is 0 Å². The fourth-order valence-corrected chi connectivity index (χ4v) is 1.24. The number of rotatable bonds is 1. The smallest absolute Gasteiger partial charge is 0.337 e. The summed E-state index contributed by atoms with van der Waals surface area (Å²) in [7, 11) is 0. The zero-order chi connectivity index (χ0) is 10.1. The van der Waals surface area contributed by atoms with E-state index in [1.54, 1.807) is 12.1 Å². The summed E-state index contributed by atoms with van der Waals surface area (Å²) in [6.07, 6.45) is 1.50. The number of carboxylic acid groups (broad SMARTS) is 1. The normalized spacial score (nSPS) is 10.3. The van der Waals surface area contributed by atoms with E-state index in [4.69, 9.17) is 10.8 Å². The SMILES string of the molecule is Nc1ncc2cccc(C(=O)O)c2n1. The third kappa shape index (κ3) is 1.24. The van der Waals surface area contributed by atoms with Crippen LogP contribution in [0.5, 0.6) is 0 Å². The molecule has 1 heterocycles. The Labute approximate surface area is 79.2 Å². The van der Waals surface area contributed by atoms with Crippen LogP contribution in [-0.4, -0.2) is 21.0 Å². The minimum atomic E-state index is -1.02. The highest BCUT2D eigenvalue weighted by molar-refractivity contribution is 6.01. The molecule has 70 valence electrons. The van der Waals surface area contributed by atoms with Crippen molar-refractivity contribution in [3.63, 3.8) is 0 Å². The van der Waals surface area contributed by atoms with Gasteiger partial charge in [0, 0.05) is 11.6 Å². The monoisotopic (exact) mass is 189 g/mol. The highest BCUT2D eigenvalue weighted by Gasteiger charge is 2.09. The van der Waals surface area contributed by atoms with Gasteiger partial charge < -0.3 is 10.8 Å². The second kappa shape index (κ2) is 2.95. The van der Waals surface area contributed by atoms with E-state index in [0.717, 1.165) is 0 Å². The van der Waals surface area contributed by atoms with Crippen LogP contribution < -0.4 is 5.73 Å². The van der Waals surface area contributed by atoms with Crippen LogP contribution in [0.4, 0.5) is 5.95 Å². The van der Waals surface area contributed by atoms with Gasteiger partial charge in [0.25, 0.3) is 0 Å². The maximum atomic E-state index is 10.8. The number of benzene rings is 1. The van der Waals surface area contributed by atoms with E-state index < -0.39 is 5.97 Å². The van der Waals surface area contributed by atoms with Crippen LogP contribution in [-0.2, 0) is 0 Å². The van der Waals surface area contributed by atoms with Crippen LogP contribution in [0.25, 0.3) is 10.9 Å². The van der Waals surface area contributed by atoms with Crippen LogP contribution in [0.1, 0.15) is 10.4 Å². The number of aromatic carboxylic acids is 1. The number of nitrogen functional groups attached to an aromatic ring is 1. The zero-order valence-electron chi connectivity index (χ0n) is 7.14. The molecule has 5 heteroatoms. The molecule has 14 heavy (non-hydrogen) atoms. The molecule has 0 aliphatic rings. The molecule has 0 aliphatic heterocycles. The molecule has 0 radical (unpaired) electrons. The molecule has 2 rings (SSSR count). The lowest BCUT2D eigenvalue weighted by Gasteiger charge is -2.00. The molecule has 0 amide bonds. The quantitative estimate of drug-likeness (QED) is 0.695. The Kier molecular flexibility index (Phi) is 1.78. The predicted molar refractivity (Wildman–Crippen MR) is 50.9 cm³/mol. The van der Waals surface area contributed by atoms with E-state index in [2.05, 4.69) is 9.97 Å². The van der Waals surface area contributed by atoms with Crippen molar-refractivity contribution >= 4 is 22.8 Å². The summed E-state index contributed by atoms with van der Waals surface area (Å²) in [4.78, 5) is 18.5. The number of nitrogens with zero attached hydrogens (tertiary/aromatic N) is 2. The van der Waals surface area contributed by atoms with E-state index in [9.17, 15) is 4.79 Å². The topological polar surface area (TPSA) is 89.1 Å². The Morgan fingerprint density at radius 2 is 2.21 bits per heavy atom. The summed E-state index contributed by atoms with van der Waals surface area (Å²) in [6, 6.07) is 4.86. The third-order valence-corrected chi connectivity index (χ3v) is 1.86. The molecule has 1 aromatic carbocycles. The van der Waals surface area contributed by atoms with Crippen molar-refractivity contribution in [2.75, 3.05) is 5.73 Å². The molecule has 0 saturated heterocycles. The van der Waals surface area contributed by atoms with Gasteiger partial charge in [-0.3, -0.25) is 0 Å². The number of carbonyl (C=O) groups is 1. The van der Waals surface area contributed by atoms with Gasteiger partial charge >= 0.3 is 5.97 Å². The summed E-state index contributed by atoms with van der Waals surface area (Å²) in [5.74, 6) is -0.945. The molecule has 5 nitrogen and oxygen atoms in total. The zero-order valence-corrected chi connectivity index (χ0v) is 7.14. The van der Waals surface area contributed by atoms with Crippen LogP contribution in [0.3, 0.4) is 0 Å². The molecule has 0 fully saturated rings. The molecule has 1 aromatic heterocycles.